The van der Waals surface area contributed by atoms with Crippen LogP contribution in [0.5, 0.6) is 0 Å². The Kier molecular flexibility index (Phi) is 6.64. The van der Waals surface area contributed by atoms with Crippen molar-refractivity contribution in [1.29, 1.82) is 5.26 Å². The highest BCUT2D eigenvalue weighted by Gasteiger charge is 2.48. The molecule has 2 heterocycles. The Labute approximate surface area is 211 Å². The van der Waals surface area contributed by atoms with Crippen LogP contribution in [0.1, 0.15) is 41.1 Å². The highest BCUT2D eigenvalue weighted by atomic mass is 16.5. The Morgan fingerprint density at radius 3 is 2.58 bits per heavy atom. The fourth-order valence-corrected chi connectivity index (χ4v) is 5.04. The molecule has 7 nitrogen and oxygen atoms in total. The number of anilines is 2. The summed E-state index contributed by atoms with van der Waals surface area (Å²) in [7, 11) is 0. The van der Waals surface area contributed by atoms with Crippen molar-refractivity contribution in [3.05, 3.63) is 95.1 Å². The Hall–Kier alpha value is -3.86. The maximum atomic E-state index is 11.9. The number of aliphatic carboxylic acids is 1. The number of fused-ring (bicyclic) bond motifs is 1. The monoisotopic (exact) mass is 482 g/mol. The molecular weight excluding hydrogens is 452 g/mol. The summed E-state index contributed by atoms with van der Waals surface area (Å²) in [6, 6.07) is 26.2. The third-order valence-corrected chi connectivity index (χ3v) is 7.35. The molecule has 0 bridgehead atoms. The van der Waals surface area contributed by atoms with E-state index in [9.17, 15) is 15.2 Å². The van der Waals surface area contributed by atoms with Crippen LogP contribution >= 0.6 is 0 Å². The van der Waals surface area contributed by atoms with Crippen LogP contribution in [0.3, 0.4) is 0 Å². The van der Waals surface area contributed by atoms with Gasteiger partial charge in [0.15, 0.2) is 0 Å². The number of nitrogens with zero attached hydrogens (tertiary/aromatic N) is 1. The lowest BCUT2D eigenvalue weighted by molar-refractivity contribution is -0.163. The molecule has 7 heteroatoms. The van der Waals surface area contributed by atoms with Gasteiger partial charge in [-0.3, -0.25) is 4.79 Å². The Morgan fingerprint density at radius 2 is 1.89 bits per heavy atom. The summed E-state index contributed by atoms with van der Waals surface area (Å²) in [5, 5.41) is 30.2. The maximum absolute atomic E-state index is 11.9. The second-order valence-corrected chi connectivity index (χ2v) is 9.67. The Balaban J connectivity index is 1.36. The quantitative estimate of drug-likeness (QED) is 0.380. The van der Waals surface area contributed by atoms with E-state index in [0.29, 0.717) is 18.7 Å². The minimum atomic E-state index is -0.945. The number of hydrogen-bond acceptors (Lipinski definition) is 6. The molecule has 2 aliphatic heterocycles. The molecular formula is C29H30N4O3. The van der Waals surface area contributed by atoms with Crippen LogP contribution < -0.4 is 16.0 Å². The van der Waals surface area contributed by atoms with Crippen LogP contribution in [0, 0.1) is 11.3 Å². The number of ether oxygens (including phenoxy) is 1. The summed E-state index contributed by atoms with van der Waals surface area (Å²) in [6.45, 7) is 3.97. The van der Waals surface area contributed by atoms with Crippen molar-refractivity contribution in [1.82, 2.24) is 5.32 Å². The van der Waals surface area contributed by atoms with Crippen LogP contribution in [0.25, 0.3) is 0 Å². The highest BCUT2D eigenvalue weighted by Crippen LogP contribution is 2.35. The van der Waals surface area contributed by atoms with E-state index >= 15 is 0 Å². The molecule has 0 spiro atoms. The molecule has 1 saturated heterocycles. The summed E-state index contributed by atoms with van der Waals surface area (Å²) in [4.78, 5) is 11.9. The lowest BCUT2D eigenvalue weighted by Crippen LogP contribution is -2.53. The summed E-state index contributed by atoms with van der Waals surface area (Å²) in [5.41, 5.74) is 4.49. The number of nitriles is 1. The van der Waals surface area contributed by atoms with E-state index in [1.54, 1.807) is 0 Å². The molecule has 184 valence electrons. The Bertz CT molecular complexity index is 1280. The van der Waals surface area contributed by atoms with E-state index in [4.69, 9.17) is 4.74 Å². The number of carboxylic acid groups (broad SMARTS) is 1. The maximum Gasteiger partial charge on any atom is 0.318 e. The normalized spacial score (nSPS) is 19.4. The van der Waals surface area contributed by atoms with E-state index < -0.39 is 11.4 Å². The van der Waals surface area contributed by atoms with Crippen molar-refractivity contribution in [3.8, 4) is 6.07 Å². The molecule has 3 aromatic rings. The smallest absolute Gasteiger partial charge is 0.318 e. The molecule has 0 unspecified atom stereocenters. The third-order valence-electron chi connectivity index (χ3n) is 7.35. The molecule has 0 aromatic heterocycles. The van der Waals surface area contributed by atoms with E-state index in [1.807, 2.05) is 54.6 Å². The van der Waals surface area contributed by atoms with Crippen molar-refractivity contribution >= 4 is 17.3 Å². The van der Waals surface area contributed by atoms with Crippen LogP contribution in [0.2, 0.25) is 0 Å². The number of hydrogen-bond donors (Lipinski definition) is 4. The first-order chi connectivity index (χ1) is 17.5. The molecule has 0 saturated carbocycles. The average molecular weight is 483 g/mol. The minimum Gasteiger partial charge on any atom is -0.480 e. The summed E-state index contributed by atoms with van der Waals surface area (Å²) in [5.74, 6) is -0.685. The van der Waals surface area contributed by atoms with E-state index in [-0.39, 0.29) is 31.2 Å². The standard InChI is InChI=1S/C29H30N4O3/c1-19(21-9-5-11-23(13-21)29(28(34)35)17-36-18-29)15-32-26(20-7-3-2-4-8-20)25-16-31-24-12-6-10-22(14-30)27(24)33-25/h2-13,19,25-26,31-33H,15-18H2,1H3,(H,34,35)/t19-,25+,26+/m0/s1. The summed E-state index contributed by atoms with van der Waals surface area (Å²) in [6.07, 6.45) is 0. The fraction of sp³-hybridized carbons (Fsp3) is 0.310. The SMILES string of the molecule is C[C@@H](CN[C@H](c1ccccc1)[C@H]1CNc2cccc(C#N)c2N1)c1cccc(C2(C(=O)O)COC2)c1. The predicted molar refractivity (Wildman–Crippen MR) is 139 cm³/mol. The van der Waals surface area contributed by atoms with Gasteiger partial charge in [0.05, 0.1) is 42.2 Å². The topological polar surface area (TPSA) is 106 Å². The van der Waals surface area contributed by atoms with Gasteiger partial charge in [0.25, 0.3) is 0 Å². The van der Waals surface area contributed by atoms with Crippen molar-refractivity contribution in [3.63, 3.8) is 0 Å². The van der Waals surface area contributed by atoms with Gasteiger partial charge >= 0.3 is 5.97 Å². The summed E-state index contributed by atoms with van der Waals surface area (Å²) < 4.78 is 5.26. The first kappa shape index (κ1) is 23.9. The van der Waals surface area contributed by atoms with Gasteiger partial charge in [-0.2, -0.15) is 5.26 Å². The third kappa shape index (κ3) is 4.41. The molecule has 0 aliphatic carbocycles. The van der Waals surface area contributed by atoms with Gasteiger partial charge in [-0.1, -0.05) is 67.6 Å². The van der Waals surface area contributed by atoms with E-state index in [0.717, 1.165) is 28.1 Å². The molecule has 1 fully saturated rings. The first-order valence-corrected chi connectivity index (χ1v) is 12.3. The lowest BCUT2D eigenvalue weighted by Gasteiger charge is -2.38. The van der Waals surface area contributed by atoms with Crippen molar-refractivity contribution in [2.75, 3.05) is 36.9 Å². The molecule has 2 aliphatic rings. The summed E-state index contributed by atoms with van der Waals surface area (Å²) >= 11 is 0. The zero-order chi connectivity index (χ0) is 25.1. The predicted octanol–water partition coefficient (Wildman–Crippen LogP) is 4.25. The van der Waals surface area contributed by atoms with Gasteiger partial charge in [0, 0.05) is 13.1 Å². The van der Waals surface area contributed by atoms with Crippen LogP contribution in [-0.2, 0) is 14.9 Å². The molecule has 3 atom stereocenters. The lowest BCUT2D eigenvalue weighted by atomic mass is 9.77. The molecule has 3 aromatic carbocycles. The fourth-order valence-electron chi connectivity index (χ4n) is 5.04. The Morgan fingerprint density at radius 1 is 1.14 bits per heavy atom. The van der Waals surface area contributed by atoms with Crippen molar-refractivity contribution < 1.29 is 14.6 Å². The van der Waals surface area contributed by atoms with E-state index in [1.165, 1.54) is 0 Å². The molecule has 36 heavy (non-hydrogen) atoms. The van der Waals surface area contributed by atoms with Gasteiger partial charge in [-0.05, 0) is 34.7 Å². The highest BCUT2D eigenvalue weighted by molar-refractivity contribution is 5.83. The van der Waals surface area contributed by atoms with Gasteiger partial charge in [-0.25, -0.2) is 0 Å². The van der Waals surface area contributed by atoms with Gasteiger partial charge in [-0.15, -0.1) is 0 Å². The number of benzene rings is 3. The van der Waals surface area contributed by atoms with Crippen LogP contribution in [0.4, 0.5) is 11.4 Å². The average Bonchev–Trinajstić information content (AvgIpc) is 2.88. The largest absolute Gasteiger partial charge is 0.480 e. The van der Waals surface area contributed by atoms with Crippen LogP contribution in [-0.4, -0.2) is 43.4 Å². The number of carboxylic acids is 1. The first-order valence-electron chi connectivity index (χ1n) is 12.3. The zero-order valence-corrected chi connectivity index (χ0v) is 20.2. The van der Waals surface area contributed by atoms with E-state index in [2.05, 4.69) is 47.1 Å². The molecule has 0 amide bonds. The minimum absolute atomic E-state index is 0.00498. The molecule has 5 rings (SSSR count). The number of rotatable bonds is 8. The van der Waals surface area contributed by atoms with Gasteiger partial charge in [0.1, 0.15) is 11.5 Å². The molecule has 4 N–H and O–H groups in total. The molecule has 0 radical (unpaired) electrons. The van der Waals surface area contributed by atoms with Gasteiger partial charge in [0.2, 0.25) is 0 Å². The second-order valence-electron chi connectivity index (χ2n) is 9.67. The van der Waals surface area contributed by atoms with Crippen molar-refractivity contribution in [2.45, 2.75) is 30.3 Å². The van der Waals surface area contributed by atoms with Crippen LogP contribution in [0.15, 0.2) is 72.8 Å². The number of nitrogens with one attached hydrogen (secondary N) is 3. The van der Waals surface area contributed by atoms with Gasteiger partial charge < -0.3 is 25.8 Å². The van der Waals surface area contributed by atoms with Crippen molar-refractivity contribution in [2.24, 2.45) is 0 Å². The number of carbonyl (C=O) groups is 1. The number of para-hydroxylation sites is 1. The second kappa shape index (κ2) is 10.0. The zero-order valence-electron chi connectivity index (χ0n) is 20.2.